The Morgan fingerprint density at radius 1 is 0.667 bits per heavy atom. The van der Waals surface area contributed by atoms with Crippen molar-refractivity contribution in [3.05, 3.63) is 29.8 Å². The number of unbranched alkanes of at least 4 members (excludes halogenated alkanes) is 14. The quantitative estimate of drug-likeness (QED) is 0.218. The van der Waals surface area contributed by atoms with Gasteiger partial charge in [-0.3, -0.25) is 4.79 Å². The van der Waals surface area contributed by atoms with Gasteiger partial charge in [-0.25, -0.2) is 0 Å². The molecule has 1 aromatic rings. The largest absolute Gasteiger partial charge is 0.494 e. The summed E-state index contributed by atoms with van der Waals surface area (Å²) < 4.78 is 5.64. The highest BCUT2D eigenvalue weighted by Crippen LogP contribution is 2.14. The number of rotatable bonds is 20. The van der Waals surface area contributed by atoms with Crippen molar-refractivity contribution in [2.45, 2.75) is 117 Å². The van der Waals surface area contributed by atoms with Crippen molar-refractivity contribution in [2.24, 2.45) is 0 Å². The van der Waals surface area contributed by atoms with E-state index in [0.29, 0.717) is 5.56 Å². The van der Waals surface area contributed by atoms with E-state index >= 15 is 0 Å². The van der Waals surface area contributed by atoms with E-state index in [-0.39, 0.29) is 5.91 Å². The highest BCUT2D eigenvalue weighted by Gasteiger charge is 2.05. The van der Waals surface area contributed by atoms with Gasteiger partial charge in [-0.2, -0.15) is 0 Å². The molecule has 3 nitrogen and oxygen atoms in total. The fourth-order valence-corrected chi connectivity index (χ4v) is 3.66. The first kappa shape index (κ1) is 26.5. The summed E-state index contributed by atoms with van der Waals surface area (Å²) in [4.78, 5) is 12.2. The van der Waals surface area contributed by atoms with Crippen molar-refractivity contribution in [1.29, 1.82) is 0 Å². The second-order valence-electron chi connectivity index (χ2n) is 8.58. The molecule has 0 fully saturated rings. The Morgan fingerprint density at radius 3 is 1.63 bits per heavy atom. The lowest BCUT2D eigenvalue weighted by Crippen LogP contribution is -2.24. The van der Waals surface area contributed by atoms with Crippen molar-refractivity contribution < 1.29 is 9.53 Å². The van der Waals surface area contributed by atoms with Gasteiger partial charge in [0.25, 0.3) is 5.91 Å². The van der Waals surface area contributed by atoms with Crippen molar-refractivity contribution in [3.8, 4) is 5.75 Å². The molecule has 0 aliphatic heterocycles. The molecule has 1 amide bonds. The summed E-state index contributed by atoms with van der Waals surface area (Å²) in [7, 11) is 0. The van der Waals surface area contributed by atoms with E-state index < -0.39 is 0 Å². The maximum Gasteiger partial charge on any atom is 0.251 e. The SMILES string of the molecule is CCCCCCCCCCCCCCCCNC(=O)c1ccc(OCCCC)cc1. The van der Waals surface area contributed by atoms with Gasteiger partial charge in [-0.15, -0.1) is 0 Å². The molecule has 1 aromatic carbocycles. The highest BCUT2D eigenvalue weighted by atomic mass is 16.5. The second kappa shape index (κ2) is 19.5. The van der Waals surface area contributed by atoms with Gasteiger partial charge in [-0.1, -0.05) is 104 Å². The zero-order valence-electron chi connectivity index (χ0n) is 19.9. The summed E-state index contributed by atoms with van der Waals surface area (Å²) in [6.45, 7) is 5.93. The third-order valence-electron chi connectivity index (χ3n) is 5.70. The Bertz CT molecular complexity index is 512. The monoisotopic (exact) mass is 417 g/mol. The molecule has 0 unspecified atom stereocenters. The minimum Gasteiger partial charge on any atom is -0.494 e. The van der Waals surface area contributed by atoms with Crippen LogP contribution >= 0.6 is 0 Å². The van der Waals surface area contributed by atoms with Crippen LogP contribution in [0, 0.1) is 0 Å². The molecule has 30 heavy (non-hydrogen) atoms. The van der Waals surface area contributed by atoms with E-state index in [1.165, 1.54) is 83.5 Å². The number of benzene rings is 1. The van der Waals surface area contributed by atoms with Crippen LogP contribution in [-0.4, -0.2) is 19.1 Å². The van der Waals surface area contributed by atoms with Gasteiger partial charge in [0, 0.05) is 12.1 Å². The van der Waals surface area contributed by atoms with Crippen LogP contribution in [0.15, 0.2) is 24.3 Å². The van der Waals surface area contributed by atoms with E-state index in [2.05, 4.69) is 19.2 Å². The number of carbonyl (C=O) groups excluding carboxylic acids is 1. The van der Waals surface area contributed by atoms with E-state index in [1.54, 1.807) is 0 Å². The lowest BCUT2D eigenvalue weighted by atomic mass is 10.0. The summed E-state index contributed by atoms with van der Waals surface area (Å²) in [5.74, 6) is 0.858. The Morgan fingerprint density at radius 2 is 1.13 bits per heavy atom. The molecule has 0 heterocycles. The van der Waals surface area contributed by atoms with Crippen LogP contribution in [0.3, 0.4) is 0 Å². The molecular weight excluding hydrogens is 370 g/mol. The van der Waals surface area contributed by atoms with E-state index in [1.807, 2.05) is 24.3 Å². The Hall–Kier alpha value is -1.51. The van der Waals surface area contributed by atoms with Crippen LogP contribution in [-0.2, 0) is 0 Å². The molecular formula is C27H47NO2. The number of hydrogen-bond donors (Lipinski definition) is 1. The van der Waals surface area contributed by atoms with Crippen LogP contribution in [0.25, 0.3) is 0 Å². The number of amides is 1. The Labute approximate surface area is 186 Å². The molecule has 0 aliphatic rings. The molecule has 0 aromatic heterocycles. The molecule has 1 N–H and O–H groups in total. The predicted molar refractivity (Wildman–Crippen MR) is 129 cm³/mol. The van der Waals surface area contributed by atoms with Gasteiger partial charge in [-0.05, 0) is 37.1 Å². The van der Waals surface area contributed by atoms with Crippen molar-refractivity contribution in [1.82, 2.24) is 5.32 Å². The van der Waals surface area contributed by atoms with Crippen LogP contribution in [0.5, 0.6) is 5.75 Å². The van der Waals surface area contributed by atoms with Crippen LogP contribution in [0.2, 0.25) is 0 Å². The number of nitrogens with one attached hydrogen (secondary N) is 1. The summed E-state index contributed by atoms with van der Waals surface area (Å²) in [6.07, 6.45) is 21.2. The Kier molecular flexibility index (Phi) is 17.2. The summed E-state index contributed by atoms with van der Waals surface area (Å²) >= 11 is 0. The molecule has 0 radical (unpaired) electrons. The summed E-state index contributed by atoms with van der Waals surface area (Å²) in [5, 5.41) is 3.03. The summed E-state index contributed by atoms with van der Waals surface area (Å²) in [6, 6.07) is 7.47. The van der Waals surface area contributed by atoms with Gasteiger partial charge in [0.1, 0.15) is 5.75 Å². The van der Waals surface area contributed by atoms with Gasteiger partial charge in [0.05, 0.1) is 6.61 Å². The fourth-order valence-electron chi connectivity index (χ4n) is 3.66. The van der Waals surface area contributed by atoms with Crippen molar-refractivity contribution in [3.63, 3.8) is 0 Å². The molecule has 0 bridgehead atoms. The average molecular weight is 418 g/mol. The van der Waals surface area contributed by atoms with Crippen LogP contribution in [0.1, 0.15) is 127 Å². The zero-order valence-corrected chi connectivity index (χ0v) is 19.9. The van der Waals surface area contributed by atoms with E-state index in [9.17, 15) is 4.79 Å². The van der Waals surface area contributed by atoms with E-state index in [4.69, 9.17) is 4.74 Å². The topological polar surface area (TPSA) is 38.3 Å². The van der Waals surface area contributed by atoms with Gasteiger partial charge in [0.15, 0.2) is 0 Å². The van der Waals surface area contributed by atoms with Crippen LogP contribution < -0.4 is 10.1 Å². The number of ether oxygens (including phenoxy) is 1. The Balaban J connectivity index is 1.91. The van der Waals surface area contributed by atoms with E-state index in [0.717, 1.165) is 38.2 Å². The molecule has 0 spiro atoms. The minimum absolute atomic E-state index is 0.0183. The fraction of sp³-hybridized carbons (Fsp3) is 0.741. The smallest absolute Gasteiger partial charge is 0.251 e. The number of carbonyl (C=O) groups is 1. The average Bonchev–Trinajstić information content (AvgIpc) is 2.77. The van der Waals surface area contributed by atoms with Crippen molar-refractivity contribution >= 4 is 5.91 Å². The predicted octanol–water partition coefficient (Wildman–Crippen LogP) is 8.08. The molecule has 1 rings (SSSR count). The lowest BCUT2D eigenvalue weighted by molar-refractivity contribution is 0.0953. The third kappa shape index (κ3) is 14.5. The lowest BCUT2D eigenvalue weighted by Gasteiger charge is -2.08. The summed E-state index contributed by atoms with van der Waals surface area (Å²) in [5.41, 5.74) is 0.711. The molecule has 0 aliphatic carbocycles. The van der Waals surface area contributed by atoms with Crippen molar-refractivity contribution in [2.75, 3.05) is 13.2 Å². The highest BCUT2D eigenvalue weighted by molar-refractivity contribution is 5.94. The van der Waals surface area contributed by atoms with Gasteiger partial charge >= 0.3 is 0 Å². The maximum atomic E-state index is 12.2. The number of hydrogen-bond acceptors (Lipinski definition) is 2. The molecule has 0 saturated heterocycles. The first-order valence-electron chi connectivity index (χ1n) is 12.8. The maximum absolute atomic E-state index is 12.2. The van der Waals surface area contributed by atoms with Gasteiger partial charge in [0.2, 0.25) is 0 Å². The third-order valence-corrected chi connectivity index (χ3v) is 5.70. The normalized spacial score (nSPS) is 10.9. The molecule has 3 heteroatoms. The first-order chi connectivity index (χ1) is 14.8. The minimum atomic E-state index is 0.0183. The molecule has 0 saturated carbocycles. The second-order valence-corrected chi connectivity index (χ2v) is 8.58. The molecule has 172 valence electrons. The zero-order chi connectivity index (χ0) is 21.7. The van der Waals surface area contributed by atoms with Crippen LogP contribution in [0.4, 0.5) is 0 Å². The van der Waals surface area contributed by atoms with Gasteiger partial charge < -0.3 is 10.1 Å². The standard InChI is InChI=1S/C27H47NO2/c1-3-5-7-8-9-10-11-12-13-14-15-16-17-18-23-28-27(29)25-19-21-26(22-20-25)30-24-6-4-2/h19-22H,3-18,23-24H2,1-2H3,(H,28,29). The first-order valence-corrected chi connectivity index (χ1v) is 12.8. The molecule has 0 atom stereocenters.